The van der Waals surface area contributed by atoms with E-state index in [1.54, 1.807) is 0 Å². The second-order valence-corrected chi connectivity index (χ2v) is 8.08. The molecule has 1 aromatic carbocycles. The lowest BCUT2D eigenvalue weighted by molar-refractivity contribution is -0.138. The maximum absolute atomic E-state index is 12.9. The molecule has 1 saturated heterocycles. The Morgan fingerprint density at radius 2 is 1.48 bits per heavy atom. The number of para-hydroxylation sites is 1. The molecule has 0 atom stereocenters. The summed E-state index contributed by atoms with van der Waals surface area (Å²) in [6, 6.07) is 6.27. The third-order valence-corrected chi connectivity index (χ3v) is 6.36. The average molecular weight is 371 g/mol. The number of aryl methyl sites for hydroxylation is 2. The topological polar surface area (TPSA) is 49.4 Å². The fourth-order valence-electron chi connectivity index (χ4n) is 4.60. The molecule has 1 aliphatic heterocycles. The Morgan fingerprint density at radius 3 is 2.04 bits per heavy atom. The van der Waals surface area contributed by atoms with Crippen LogP contribution in [0.2, 0.25) is 0 Å². The molecule has 3 rings (SSSR count). The van der Waals surface area contributed by atoms with Crippen LogP contribution in [0.3, 0.4) is 0 Å². The Labute approximate surface area is 163 Å². The second kappa shape index (κ2) is 9.38. The van der Waals surface area contributed by atoms with Crippen molar-refractivity contribution in [2.75, 3.05) is 18.4 Å². The molecular formula is C23H34N2O2. The van der Waals surface area contributed by atoms with Gasteiger partial charge in [0, 0.05) is 30.6 Å². The van der Waals surface area contributed by atoms with Crippen molar-refractivity contribution in [2.45, 2.75) is 71.6 Å². The number of hydrogen-bond acceptors (Lipinski definition) is 2. The number of amides is 2. The third kappa shape index (κ3) is 4.72. The molecule has 4 heteroatoms. The average Bonchev–Trinajstić information content (AvgIpc) is 2.74. The summed E-state index contributed by atoms with van der Waals surface area (Å²) in [7, 11) is 0. The SMILES string of the molecule is CCc1cccc(CC)c1NC(=O)C1CCC(C(=O)N2CCCCC2)CC1. The summed E-state index contributed by atoms with van der Waals surface area (Å²) in [6.07, 6.45) is 8.71. The minimum Gasteiger partial charge on any atom is -0.342 e. The van der Waals surface area contributed by atoms with Crippen LogP contribution in [0.1, 0.15) is 69.9 Å². The first-order valence-corrected chi connectivity index (χ1v) is 10.8. The highest BCUT2D eigenvalue weighted by atomic mass is 16.2. The number of piperidine rings is 1. The zero-order valence-electron chi connectivity index (χ0n) is 16.9. The van der Waals surface area contributed by atoms with E-state index >= 15 is 0 Å². The molecule has 0 bridgehead atoms. The lowest BCUT2D eigenvalue weighted by Gasteiger charge is -2.33. The van der Waals surface area contributed by atoms with Crippen LogP contribution in [0, 0.1) is 11.8 Å². The predicted octanol–water partition coefficient (Wildman–Crippen LogP) is 4.57. The molecule has 4 nitrogen and oxygen atoms in total. The number of likely N-dealkylation sites (tertiary alicyclic amines) is 1. The molecule has 1 saturated carbocycles. The van der Waals surface area contributed by atoms with E-state index in [0.29, 0.717) is 5.91 Å². The van der Waals surface area contributed by atoms with Gasteiger partial charge < -0.3 is 10.2 Å². The first kappa shape index (κ1) is 19.9. The van der Waals surface area contributed by atoms with E-state index in [4.69, 9.17) is 0 Å². The first-order valence-electron chi connectivity index (χ1n) is 10.8. The monoisotopic (exact) mass is 370 g/mol. The number of benzene rings is 1. The Hall–Kier alpha value is -1.84. The van der Waals surface area contributed by atoms with Crippen LogP contribution in [0.25, 0.3) is 0 Å². The number of nitrogens with zero attached hydrogens (tertiary/aromatic N) is 1. The summed E-state index contributed by atoms with van der Waals surface area (Å²) < 4.78 is 0. The van der Waals surface area contributed by atoms with E-state index in [2.05, 4.69) is 42.3 Å². The van der Waals surface area contributed by atoms with Crippen molar-refractivity contribution < 1.29 is 9.59 Å². The quantitative estimate of drug-likeness (QED) is 0.825. The highest BCUT2D eigenvalue weighted by Gasteiger charge is 2.32. The highest BCUT2D eigenvalue weighted by molar-refractivity contribution is 5.94. The molecule has 0 unspecified atom stereocenters. The van der Waals surface area contributed by atoms with E-state index in [1.165, 1.54) is 17.5 Å². The van der Waals surface area contributed by atoms with Crippen molar-refractivity contribution in [3.05, 3.63) is 29.3 Å². The van der Waals surface area contributed by atoms with Gasteiger partial charge >= 0.3 is 0 Å². The Bertz CT molecular complexity index is 634. The van der Waals surface area contributed by atoms with Gasteiger partial charge in [0.2, 0.25) is 11.8 Å². The van der Waals surface area contributed by atoms with Gasteiger partial charge in [-0.3, -0.25) is 9.59 Å². The summed E-state index contributed by atoms with van der Waals surface area (Å²) >= 11 is 0. The van der Waals surface area contributed by atoms with Gasteiger partial charge in [-0.2, -0.15) is 0 Å². The van der Waals surface area contributed by atoms with Crippen LogP contribution in [0.4, 0.5) is 5.69 Å². The maximum Gasteiger partial charge on any atom is 0.227 e. The molecule has 148 valence electrons. The summed E-state index contributed by atoms with van der Waals surface area (Å²) in [6.45, 7) is 6.10. The van der Waals surface area contributed by atoms with Gasteiger partial charge in [0.05, 0.1) is 0 Å². The minimum atomic E-state index is 0.0324. The van der Waals surface area contributed by atoms with Gasteiger partial charge in [0.15, 0.2) is 0 Å². The van der Waals surface area contributed by atoms with Crippen molar-refractivity contribution in [3.63, 3.8) is 0 Å². The van der Waals surface area contributed by atoms with Crippen LogP contribution in [-0.2, 0) is 22.4 Å². The fourth-order valence-corrected chi connectivity index (χ4v) is 4.60. The molecule has 1 heterocycles. The van der Waals surface area contributed by atoms with Gasteiger partial charge in [-0.05, 0) is 68.9 Å². The van der Waals surface area contributed by atoms with Crippen LogP contribution in [-0.4, -0.2) is 29.8 Å². The molecule has 1 aromatic rings. The summed E-state index contributed by atoms with van der Waals surface area (Å²) in [5, 5.41) is 3.22. The number of carbonyl (C=O) groups excluding carboxylic acids is 2. The number of carbonyl (C=O) groups is 2. The molecule has 0 spiro atoms. The molecule has 27 heavy (non-hydrogen) atoms. The number of hydrogen-bond donors (Lipinski definition) is 1. The van der Waals surface area contributed by atoms with Gasteiger partial charge in [0.25, 0.3) is 0 Å². The Kier molecular flexibility index (Phi) is 6.92. The van der Waals surface area contributed by atoms with E-state index in [0.717, 1.165) is 70.1 Å². The largest absolute Gasteiger partial charge is 0.342 e. The summed E-state index contributed by atoms with van der Waals surface area (Å²) in [5.74, 6) is 0.624. The molecule has 2 amide bonds. The lowest BCUT2D eigenvalue weighted by Crippen LogP contribution is -2.41. The Morgan fingerprint density at radius 1 is 0.926 bits per heavy atom. The molecule has 0 radical (unpaired) electrons. The van der Waals surface area contributed by atoms with E-state index in [-0.39, 0.29) is 17.7 Å². The highest BCUT2D eigenvalue weighted by Crippen LogP contribution is 2.32. The number of anilines is 1. The first-order chi connectivity index (χ1) is 13.1. The third-order valence-electron chi connectivity index (χ3n) is 6.36. The molecule has 0 aromatic heterocycles. The molecule has 1 N–H and O–H groups in total. The summed E-state index contributed by atoms with van der Waals surface area (Å²) in [4.78, 5) is 27.6. The smallest absolute Gasteiger partial charge is 0.227 e. The maximum atomic E-state index is 12.9. The Balaban J connectivity index is 1.57. The van der Waals surface area contributed by atoms with Gasteiger partial charge in [-0.25, -0.2) is 0 Å². The van der Waals surface area contributed by atoms with Crippen molar-refractivity contribution in [3.8, 4) is 0 Å². The zero-order chi connectivity index (χ0) is 19.2. The van der Waals surface area contributed by atoms with E-state index in [1.807, 2.05) is 0 Å². The van der Waals surface area contributed by atoms with Crippen LogP contribution in [0.5, 0.6) is 0 Å². The van der Waals surface area contributed by atoms with Crippen molar-refractivity contribution in [2.24, 2.45) is 11.8 Å². The fraction of sp³-hybridized carbons (Fsp3) is 0.652. The lowest BCUT2D eigenvalue weighted by atomic mass is 9.80. The van der Waals surface area contributed by atoms with E-state index in [9.17, 15) is 9.59 Å². The molecule has 2 fully saturated rings. The predicted molar refractivity (Wildman–Crippen MR) is 110 cm³/mol. The van der Waals surface area contributed by atoms with Gasteiger partial charge in [0.1, 0.15) is 0 Å². The molecular weight excluding hydrogens is 336 g/mol. The van der Waals surface area contributed by atoms with Crippen LogP contribution in [0.15, 0.2) is 18.2 Å². The minimum absolute atomic E-state index is 0.0324. The van der Waals surface area contributed by atoms with E-state index < -0.39 is 0 Å². The van der Waals surface area contributed by atoms with Crippen LogP contribution < -0.4 is 5.32 Å². The van der Waals surface area contributed by atoms with Gasteiger partial charge in [-0.1, -0.05) is 32.0 Å². The van der Waals surface area contributed by atoms with Crippen molar-refractivity contribution >= 4 is 17.5 Å². The second-order valence-electron chi connectivity index (χ2n) is 8.08. The van der Waals surface area contributed by atoms with Crippen LogP contribution >= 0.6 is 0 Å². The molecule has 1 aliphatic carbocycles. The van der Waals surface area contributed by atoms with Gasteiger partial charge in [-0.15, -0.1) is 0 Å². The summed E-state index contributed by atoms with van der Waals surface area (Å²) in [5.41, 5.74) is 3.42. The van der Waals surface area contributed by atoms with Crippen molar-refractivity contribution in [1.29, 1.82) is 0 Å². The number of nitrogens with one attached hydrogen (secondary N) is 1. The normalized spacial score (nSPS) is 23.1. The van der Waals surface area contributed by atoms with Crippen molar-refractivity contribution in [1.82, 2.24) is 4.90 Å². The molecule has 2 aliphatic rings. The standard InChI is InChI=1S/C23H34N2O2/c1-3-17-9-8-10-18(4-2)21(17)24-22(26)19-11-13-20(14-12-19)23(27)25-15-6-5-7-16-25/h8-10,19-20H,3-7,11-16H2,1-2H3,(H,24,26). The number of rotatable bonds is 5. The zero-order valence-corrected chi connectivity index (χ0v) is 16.9.